The molecule has 2 atom stereocenters. The molecule has 3 aromatic rings. The molecular weight excluding hydrogens is 506 g/mol. The quantitative estimate of drug-likeness (QED) is 0.310. The van der Waals surface area contributed by atoms with Gasteiger partial charge in [-0.15, -0.1) is 0 Å². The van der Waals surface area contributed by atoms with Gasteiger partial charge in [0.2, 0.25) is 0 Å². The fraction of sp³-hybridized carbons (Fsp3) is 0.344. The minimum absolute atomic E-state index is 0.0275. The predicted octanol–water partition coefficient (Wildman–Crippen LogP) is 6.30. The van der Waals surface area contributed by atoms with Crippen molar-refractivity contribution in [3.8, 4) is 11.1 Å². The Morgan fingerprint density at radius 2 is 1.49 bits per heavy atom. The van der Waals surface area contributed by atoms with E-state index in [4.69, 9.17) is 17.0 Å². The lowest BCUT2D eigenvalue weighted by atomic mass is 9.96. The van der Waals surface area contributed by atoms with Crippen molar-refractivity contribution in [3.05, 3.63) is 90.0 Å². The van der Waals surface area contributed by atoms with Gasteiger partial charge < -0.3 is 20.3 Å². The summed E-state index contributed by atoms with van der Waals surface area (Å²) in [6.45, 7) is 7.87. The number of ether oxygens (including phenoxy) is 1. The molecule has 4 rings (SSSR count). The highest BCUT2D eigenvalue weighted by molar-refractivity contribution is 7.80. The van der Waals surface area contributed by atoms with Crippen LogP contribution in [0, 0.1) is 5.92 Å². The largest absolute Gasteiger partial charge is 0.449 e. The van der Waals surface area contributed by atoms with Crippen molar-refractivity contribution in [1.29, 1.82) is 0 Å². The standard InChI is InChI=1S/C32H37N3O3S/c1-6-21(2)28(29(39)34-32(3,4)30(36)35(5)22-14-8-7-9-15-22)33-31(37)38-20-27-25-18-12-10-16-23(25)24-17-11-13-19-26(24)27/h7-19,21,27-28H,6,20H2,1-5H3,(H,33,37)(H,34,39)/t21-,28-/m0/s1. The van der Waals surface area contributed by atoms with E-state index in [1.807, 2.05) is 68.4 Å². The van der Waals surface area contributed by atoms with Crippen LogP contribution in [0.2, 0.25) is 0 Å². The molecule has 39 heavy (non-hydrogen) atoms. The minimum atomic E-state index is -0.990. The van der Waals surface area contributed by atoms with Gasteiger partial charge in [0.15, 0.2) is 0 Å². The zero-order valence-corrected chi connectivity index (χ0v) is 24.0. The number of anilines is 1. The first-order valence-corrected chi connectivity index (χ1v) is 13.8. The van der Waals surface area contributed by atoms with Crippen molar-refractivity contribution in [2.75, 3.05) is 18.6 Å². The summed E-state index contributed by atoms with van der Waals surface area (Å²) in [6, 6.07) is 25.4. The monoisotopic (exact) mass is 543 g/mol. The van der Waals surface area contributed by atoms with E-state index in [1.165, 1.54) is 11.1 Å². The molecule has 0 aliphatic heterocycles. The third kappa shape index (κ3) is 6.14. The Balaban J connectivity index is 1.42. The van der Waals surface area contributed by atoms with Crippen LogP contribution in [0.25, 0.3) is 11.1 Å². The maximum absolute atomic E-state index is 13.3. The van der Waals surface area contributed by atoms with Gasteiger partial charge in [0.1, 0.15) is 12.1 Å². The molecule has 0 saturated carbocycles. The van der Waals surface area contributed by atoms with Crippen molar-refractivity contribution in [2.24, 2.45) is 5.92 Å². The van der Waals surface area contributed by atoms with E-state index < -0.39 is 17.7 Å². The molecule has 0 aromatic heterocycles. The number of amides is 2. The van der Waals surface area contributed by atoms with Crippen LogP contribution < -0.4 is 15.5 Å². The second-order valence-corrected chi connectivity index (χ2v) is 11.1. The molecule has 0 spiro atoms. The van der Waals surface area contributed by atoms with Gasteiger partial charge in [-0.2, -0.15) is 0 Å². The first-order valence-electron chi connectivity index (χ1n) is 13.4. The molecule has 0 bridgehead atoms. The Hall–Kier alpha value is -3.71. The van der Waals surface area contributed by atoms with E-state index in [0.717, 1.165) is 23.2 Å². The lowest BCUT2D eigenvalue weighted by Crippen LogP contribution is -2.60. The summed E-state index contributed by atoms with van der Waals surface area (Å²) >= 11 is 5.75. The Morgan fingerprint density at radius 3 is 2.05 bits per heavy atom. The van der Waals surface area contributed by atoms with Crippen molar-refractivity contribution >= 4 is 34.9 Å². The van der Waals surface area contributed by atoms with Crippen molar-refractivity contribution in [3.63, 3.8) is 0 Å². The van der Waals surface area contributed by atoms with Gasteiger partial charge in [0.25, 0.3) is 5.91 Å². The van der Waals surface area contributed by atoms with Crippen LogP contribution in [0.5, 0.6) is 0 Å². The van der Waals surface area contributed by atoms with Crippen LogP contribution in [-0.4, -0.2) is 42.2 Å². The number of carbonyl (C=O) groups is 2. The average Bonchev–Trinajstić information content (AvgIpc) is 3.27. The number of hydrogen-bond donors (Lipinski definition) is 2. The van der Waals surface area contributed by atoms with Gasteiger partial charge in [-0.05, 0) is 54.2 Å². The highest BCUT2D eigenvalue weighted by Gasteiger charge is 2.35. The molecule has 6 nitrogen and oxygen atoms in total. The van der Waals surface area contributed by atoms with Gasteiger partial charge in [-0.3, -0.25) is 4.79 Å². The molecule has 7 heteroatoms. The zero-order valence-electron chi connectivity index (χ0n) is 23.2. The number of alkyl carbamates (subject to hydrolysis) is 1. The van der Waals surface area contributed by atoms with Crippen LogP contribution in [-0.2, 0) is 9.53 Å². The molecule has 0 unspecified atom stereocenters. The first-order chi connectivity index (χ1) is 18.6. The lowest BCUT2D eigenvalue weighted by molar-refractivity contribution is -0.122. The Kier molecular flexibility index (Phi) is 8.70. The minimum Gasteiger partial charge on any atom is -0.449 e. The molecule has 0 saturated heterocycles. The summed E-state index contributed by atoms with van der Waals surface area (Å²) in [7, 11) is 1.74. The summed E-state index contributed by atoms with van der Waals surface area (Å²) in [6.07, 6.45) is 0.255. The van der Waals surface area contributed by atoms with Crippen LogP contribution in [0.3, 0.4) is 0 Å². The highest BCUT2D eigenvalue weighted by Crippen LogP contribution is 2.44. The maximum atomic E-state index is 13.3. The van der Waals surface area contributed by atoms with Crippen molar-refractivity contribution < 1.29 is 14.3 Å². The summed E-state index contributed by atoms with van der Waals surface area (Å²) < 4.78 is 5.78. The van der Waals surface area contributed by atoms with Gasteiger partial charge >= 0.3 is 6.09 Å². The van der Waals surface area contributed by atoms with E-state index in [-0.39, 0.29) is 24.3 Å². The summed E-state index contributed by atoms with van der Waals surface area (Å²) in [5.74, 6) is -0.135. The smallest absolute Gasteiger partial charge is 0.407 e. The van der Waals surface area contributed by atoms with E-state index in [1.54, 1.807) is 25.8 Å². The van der Waals surface area contributed by atoms with Gasteiger partial charge in [0.05, 0.1) is 11.0 Å². The first kappa shape index (κ1) is 28.3. The molecule has 204 valence electrons. The van der Waals surface area contributed by atoms with E-state index in [9.17, 15) is 9.59 Å². The van der Waals surface area contributed by atoms with Crippen molar-refractivity contribution in [1.82, 2.24) is 10.6 Å². The van der Waals surface area contributed by atoms with Crippen molar-refractivity contribution in [2.45, 2.75) is 51.6 Å². The molecule has 0 heterocycles. The number of carbonyl (C=O) groups excluding carboxylic acids is 2. The molecule has 0 fully saturated rings. The Bertz CT molecular complexity index is 1300. The lowest BCUT2D eigenvalue weighted by Gasteiger charge is -2.34. The molecular formula is C32H37N3O3S. The van der Waals surface area contributed by atoms with E-state index in [0.29, 0.717) is 4.99 Å². The second-order valence-electron chi connectivity index (χ2n) is 10.6. The average molecular weight is 544 g/mol. The fourth-order valence-corrected chi connectivity index (χ4v) is 5.64. The SMILES string of the molecule is CC[C@H](C)[C@H](NC(=O)OCC1c2ccccc2-c2ccccc21)C(=S)NC(C)(C)C(=O)N(C)c1ccccc1. The van der Waals surface area contributed by atoms with Gasteiger partial charge in [-0.25, -0.2) is 4.79 Å². The number of hydrogen-bond acceptors (Lipinski definition) is 4. The fourth-order valence-electron chi connectivity index (χ4n) is 5.10. The maximum Gasteiger partial charge on any atom is 0.407 e. The predicted molar refractivity (Wildman–Crippen MR) is 161 cm³/mol. The Labute approximate surface area is 236 Å². The number of likely N-dealkylation sites (N-methyl/N-ethyl adjacent to an activating group) is 1. The number of rotatable bonds is 9. The highest BCUT2D eigenvalue weighted by atomic mass is 32.1. The molecule has 1 aliphatic rings. The number of fused-ring (bicyclic) bond motifs is 3. The van der Waals surface area contributed by atoms with Crippen LogP contribution >= 0.6 is 12.2 Å². The Morgan fingerprint density at radius 1 is 0.949 bits per heavy atom. The zero-order chi connectivity index (χ0) is 28.2. The topological polar surface area (TPSA) is 70.7 Å². The van der Waals surface area contributed by atoms with Crippen LogP contribution in [0.15, 0.2) is 78.9 Å². The molecule has 1 aliphatic carbocycles. The number of para-hydroxylation sites is 1. The third-order valence-corrected chi connectivity index (χ3v) is 7.89. The second kappa shape index (κ2) is 12.0. The summed E-state index contributed by atoms with van der Waals surface area (Å²) in [5.41, 5.74) is 4.47. The normalized spacial score (nSPS) is 14.0. The molecule has 3 aromatic carbocycles. The molecule has 2 N–H and O–H groups in total. The number of nitrogens with zero attached hydrogens (tertiary/aromatic N) is 1. The van der Waals surface area contributed by atoms with Crippen LogP contribution in [0.4, 0.5) is 10.5 Å². The number of benzene rings is 3. The summed E-state index contributed by atoms with van der Waals surface area (Å²) in [4.78, 5) is 28.4. The third-order valence-electron chi connectivity index (χ3n) is 7.53. The summed E-state index contributed by atoms with van der Waals surface area (Å²) in [5, 5.41) is 6.19. The van der Waals surface area contributed by atoms with E-state index in [2.05, 4.69) is 34.9 Å². The number of nitrogens with one attached hydrogen (secondary N) is 2. The number of thiocarbonyl (C=S) groups is 1. The molecule has 2 amide bonds. The van der Waals surface area contributed by atoms with Crippen LogP contribution in [0.1, 0.15) is 51.2 Å². The van der Waals surface area contributed by atoms with Gasteiger partial charge in [0, 0.05) is 18.7 Å². The molecule has 0 radical (unpaired) electrons. The van der Waals surface area contributed by atoms with E-state index >= 15 is 0 Å². The van der Waals surface area contributed by atoms with Gasteiger partial charge in [-0.1, -0.05) is 99.2 Å².